The van der Waals surface area contributed by atoms with E-state index >= 15 is 0 Å². The third-order valence-electron chi connectivity index (χ3n) is 5.79. The maximum absolute atomic E-state index is 12.7. The first kappa shape index (κ1) is 30.1. The van der Waals surface area contributed by atoms with Gasteiger partial charge in [-0.15, -0.1) is 0 Å². The highest BCUT2D eigenvalue weighted by molar-refractivity contribution is 5.94. The number of carbonyl (C=O) groups excluding carboxylic acids is 2. The summed E-state index contributed by atoms with van der Waals surface area (Å²) < 4.78 is 35.5. The number of aliphatic hydroxyl groups is 1. The SMILES string of the molecule is CC1CCC(C(=O)Nc2ccnc(N(C)C(C)CN(C)CC=O)c2)O1.OCCOc1cccc(F)c1F. The zero-order valence-electron chi connectivity index (χ0n) is 21.7. The number of nitrogens with one attached hydrogen (secondary N) is 1. The van der Waals surface area contributed by atoms with Gasteiger partial charge in [0, 0.05) is 37.6 Å². The van der Waals surface area contributed by atoms with Crippen LogP contribution in [0.1, 0.15) is 26.7 Å². The van der Waals surface area contributed by atoms with Crippen LogP contribution in [0.25, 0.3) is 0 Å². The highest BCUT2D eigenvalue weighted by Crippen LogP contribution is 2.22. The molecule has 1 fully saturated rings. The van der Waals surface area contributed by atoms with Gasteiger partial charge in [0.2, 0.25) is 5.82 Å². The fraction of sp³-hybridized carbons (Fsp3) is 0.500. The molecule has 1 saturated heterocycles. The third-order valence-corrected chi connectivity index (χ3v) is 5.79. The van der Waals surface area contributed by atoms with Gasteiger partial charge >= 0.3 is 0 Å². The quantitative estimate of drug-likeness (QED) is 0.434. The highest BCUT2D eigenvalue weighted by atomic mass is 19.2. The first-order valence-corrected chi connectivity index (χ1v) is 12.1. The van der Waals surface area contributed by atoms with Gasteiger partial charge in [-0.2, -0.15) is 4.39 Å². The van der Waals surface area contributed by atoms with Gasteiger partial charge < -0.3 is 29.6 Å². The van der Waals surface area contributed by atoms with E-state index in [-0.39, 0.29) is 43.1 Å². The smallest absolute Gasteiger partial charge is 0.253 e. The van der Waals surface area contributed by atoms with E-state index in [2.05, 4.69) is 17.2 Å². The second-order valence-corrected chi connectivity index (χ2v) is 8.88. The van der Waals surface area contributed by atoms with Gasteiger partial charge in [0.05, 0.1) is 19.3 Å². The molecule has 1 aliphatic heterocycles. The molecule has 0 radical (unpaired) electrons. The minimum absolute atomic E-state index is 0.0413. The number of hydrogen-bond donors (Lipinski definition) is 2. The normalized spacial score (nSPS) is 17.5. The molecule has 3 unspecified atom stereocenters. The molecular weight excluding hydrogens is 486 g/mol. The molecule has 1 amide bonds. The predicted octanol–water partition coefficient (Wildman–Crippen LogP) is 2.88. The molecule has 3 atom stereocenters. The molecule has 11 heteroatoms. The summed E-state index contributed by atoms with van der Waals surface area (Å²) in [5, 5.41) is 11.3. The zero-order chi connectivity index (χ0) is 27.4. The summed E-state index contributed by atoms with van der Waals surface area (Å²) >= 11 is 0. The molecule has 1 aliphatic rings. The lowest BCUT2D eigenvalue weighted by Gasteiger charge is -2.29. The number of benzene rings is 1. The van der Waals surface area contributed by atoms with Crippen molar-refractivity contribution in [2.24, 2.45) is 0 Å². The number of ether oxygens (including phenoxy) is 2. The van der Waals surface area contributed by atoms with Crippen molar-refractivity contribution in [1.82, 2.24) is 9.88 Å². The molecule has 2 aromatic rings. The second kappa shape index (κ2) is 15.2. The average molecular weight is 523 g/mol. The Balaban J connectivity index is 0.000000335. The van der Waals surface area contributed by atoms with Gasteiger partial charge in [-0.3, -0.25) is 9.69 Å². The van der Waals surface area contributed by atoms with Crippen molar-refractivity contribution in [2.45, 2.75) is 44.9 Å². The Hall–Kier alpha value is -3.15. The fourth-order valence-electron chi connectivity index (χ4n) is 3.66. The van der Waals surface area contributed by atoms with Crippen LogP contribution in [-0.2, 0) is 14.3 Å². The van der Waals surface area contributed by atoms with Crippen LogP contribution < -0.4 is 15.0 Å². The lowest BCUT2D eigenvalue weighted by atomic mass is 10.2. The standard InChI is InChI=1S/C18H28N4O3.C8H8F2O2/c1-13(12-21(3)9-10-23)22(4)17-11-15(7-8-19-17)20-18(24)16-6-5-14(2)25-16;9-6-2-1-3-7(8(6)10)12-5-4-11/h7-8,10-11,13-14,16H,5-6,9,12H2,1-4H3,(H,19,20,24);1-3,11H,4-5H2. The first-order valence-electron chi connectivity index (χ1n) is 12.1. The summed E-state index contributed by atoms with van der Waals surface area (Å²) in [6.45, 7) is 4.93. The van der Waals surface area contributed by atoms with E-state index in [1.165, 1.54) is 12.1 Å². The first-order chi connectivity index (χ1) is 17.7. The van der Waals surface area contributed by atoms with E-state index in [1.54, 1.807) is 12.3 Å². The molecule has 37 heavy (non-hydrogen) atoms. The van der Waals surface area contributed by atoms with Crippen LogP contribution in [0.15, 0.2) is 36.5 Å². The molecule has 2 heterocycles. The summed E-state index contributed by atoms with van der Waals surface area (Å²) in [4.78, 5) is 31.3. The summed E-state index contributed by atoms with van der Waals surface area (Å²) in [5.41, 5.74) is 0.707. The monoisotopic (exact) mass is 522 g/mol. The average Bonchev–Trinajstić information content (AvgIpc) is 3.31. The molecule has 9 nitrogen and oxygen atoms in total. The molecular formula is C26H36F2N4O5. The second-order valence-electron chi connectivity index (χ2n) is 8.88. The Morgan fingerprint density at radius 3 is 2.73 bits per heavy atom. The number of carbonyl (C=O) groups is 2. The molecule has 0 bridgehead atoms. The third kappa shape index (κ3) is 9.67. The zero-order valence-corrected chi connectivity index (χ0v) is 21.7. The number of aldehydes is 1. The number of amides is 1. The number of pyridine rings is 1. The maximum atomic E-state index is 12.7. The van der Waals surface area contributed by atoms with Crippen molar-refractivity contribution in [3.8, 4) is 5.75 Å². The van der Waals surface area contributed by atoms with E-state index in [4.69, 9.17) is 14.6 Å². The molecule has 2 N–H and O–H groups in total. The number of halogens is 2. The predicted molar refractivity (Wildman–Crippen MR) is 137 cm³/mol. The molecule has 3 rings (SSSR count). The lowest BCUT2D eigenvalue weighted by molar-refractivity contribution is -0.126. The topological polar surface area (TPSA) is 104 Å². The van der Waals surface area contributed by atoms with Crippen molar-refractivity contribution < 1.29 is 33.0 Å². The van der Waals surface area contributed by atoms with E-state index in [9.17, 15) is 18.4 Å². The minimum atomic E-state index is -1.02. The number of nitrogens with zero attached hydrogens (tertiary/aromatic N) is 3. The number of likely N-dealkylation sites (N-methyl/N-ethyl adjacent to an activating group) is 2. The Morgan fingerprint density at radius 1 is 1.32 bits per heavy atom. The van der Waals surface area contributed by atoms with E-state index in [0.717, 1.165) is 37.6 Å². The molecule has 0 spiro atoms. The summed E-state index contributed by atoms with van der Waals surface area (Å²) in [6.07, 6.45) is 4.01. The number of anilines is 2. The summed E-state index contributed by atoms with van der Waals surface area (Å²) in [5.74, 6) is -1.49. The van der Waals surface area contributed by atoms with Crippen molar-refractivity contribution in [3.63, 3.8) is 0 Å². The van der Waals surface area contributed by atoms with Crippen LogP contribution in [-0.4, -0.2) is 85.8 Å². The van der Waals surface area contributed by atoms with Gasteiger partial charge in [0.1, 0.15) is 24.8 Å². The number of aromatic nitrogens is 1. The van der Waals surface area contributed by atoms with Gasteiger partial charge in [-0.25, -0.2) is 9.37 Å². The van der Waals surface area contributed by atoms with Crippen LogP contribution in [0.2, 0.25) is 0 Å². The van der Waals surface area contributed by atoms with Crippen LogP contribution in [0.5, 0.6) is 5.75 Å². The van der Waals surface area contributed by atoms with Crippen LogP contribution >= 0.6 is 0 Å². The van der Waals surface area contributed by atoms with Crippen LogP contribution in [0.4, 0.5) is 20.3 Å². The molecule has 1 aromatic heterocycles. The van der Waals surface area contributed by atoms with Gasteiger partial charge in [0.15, 0.2) is 11.6 Å². The van der Waals surface area contributed by atoms with Gasteiger partial charge in [-0.1, -0.05) is 6.07 Å². The Kier molecular flexibility index (Phi) is 12.3. The van der Waals surface area contributed by atoms with Crippen molar-refractivity contribution in [1.29, 1.82) is 0 Å². The Morgan fingerprint density at radius 2 is 2.08 bits per heavy atom. The number of rotatable bonds is 11. The largest absolute Gasteiger partial charge is 0.488 e. The molecule has 0 saturated carbocycles. The lowest BCUT2D eigenvalue weighted by Crippen LogP contribution is -2.39. The fourth-order valence-corrected chi connectivity index (χ4v) is 3.66. The van der Waals surface area contributed by atoms with Crippen molar-refractivity contribution >= 4 is 23.7 Å². The molecule has 0 aliphatic carbocycles. The molecule has 204 valence electrons. The van der Waals surface area contributed by atoms with Crippen molar-refractivity contribution in [3.05, 3.63) is 48.2 Å². The molecule has 1 aromatic carbocycles. The Labute approximate surface area is 216 Å². The van der Waals surface area contributed by atoms with E-state index < -0.39 is 11.6 Å². The van der Waals surface area contributed by atoms with E-state index in [1.807, 2.05) is 36.9 Å². The summed E-state index contributed by atoms with van der Waals surface area (Å²) in [7, 11) is 3.86. The van der Waals surface area contributed by atoms with Crippen molar-refractivity contribution in [2.75, 3.05) is 50.6 Å². The maximum Gasteiger partial charge on any atom is 0.253 e. The highest BCUT2D eigenvalue weighted by Gasteiger charge is 2.28. The minimum Gasteiger partial charge on any atom is -0.488 e. The van der Waals surface area contributed by atoms with Gasteiger partial charge in [-0.05, 0) is 51.9 Å². The van der Waals surface area contributed by atoms with Crippen LogP contribution in [0.3, 0.4) is 0 Å². The Bertz CT molecular complexity index is 1010. The number of aliphatic hydroxyl groups excluding tert-OH is 1. The van der Waals surface area contributed by atoms with Crippen LogP contribution in [0, 0.1) is 11.6 Å². The number of hydrogen-bond acceptors (Lipinski definition) is 8. The van der Waals surface area contributed by atoms with Gasteiger partial charge in [0.25, 0.3) is 5.91 Å². The summed E-state index contributed by atoms with van der Waals surface area (Å²) in [6, 6.07) is 7.44. The van der Waals surface area contributed by atoms with E-state index in [0.29, 0.717) is 12.2 Å².